The van der Waals surface area contributed by atoms with Crippen LogP contribution in [0.2, 0.25) is 0 Å². The fourth-order valence-corrected chi connectivity index (χ4v) is 5.00. The average Bonchev–Trinajstić information content (AvgIpc) is 3.05. The second-order valence-corrected chi connectivity index (χ2v) is 10.2. The number of rotatable bonds is 10. The lowest BCUT2D eigenvalue weighted by Gasteiger charge is -2.31. The summed E-state index contributed by atoms with van der Waals surface area (Å²) < 4.78 is 28.6. The highest BCUT2D eigenvalue weighted by Gasteiger charge is 2.24. The van der Waals surface area contributed by atoms with Crippen LogP contribution in [0.25, 0.3) is 10.9 Å². The van der Waals surface area contributed by atoms with Crippen LogP contribution in [0.4, 0.5) is 11.5 Å². The van der Waals surface area contributed by atoms with Crippen LogP contribution in [0.5, 0.6) is 28.7 Å². The number of hydrogen-bond donors (Lipinski definition) is 1. The number of fused-ring (bicyclic) bond motifs is 1. The van der Waals surface area contributed by atoms with Crippen LogP contribution in [-0.4, -0.2) is 67.3 Å². The molecule has 0 unspecified atom stereocenters. The van der Waals surface area contributed by atoms with Crippen molar-refractivity contribution in [3.63, 3.8) is 0 Å². The Balaban J connectivity index is 1.39. The Bertz CT molecular complexity index is 1680. The first-order valence-electron chi connectivity index (χ1n) is 14.1. The Morgan fingerprint density at radius 3 is 2.32 bits per heavy atom. The van der Waals surface area contributed by atoms with Gasteiger partial charge in [0.15, 0.2) is 11.5 Å². The molecule has 4 aromatic rings. The molecule has 2 heterocycles. The molecule has 228 valence electrons. The van der Waals surface area contributed by atoms with E-state index in [0.29, 0.717) is 77.3 Å². The number of methoxy groups -OCH3 is 3. The number of esters is 1. The number of anilines is 2. The summed E-state index contributed by atoms with van der Waals surface area (Å²) in [6.07, 6.45) is 4.12. The van der Waals surface area contributed by atoms with Gasteiger partial charge in [-0.3, -0.25) is 4.79 Å². The van der Waals surface area contributed by atoms with E-state index < -0.39 is 5.97 Å². The minimum Gasteiger partial charge on any atom is -0.494 e. The smallest absolute Gasteiger partial charge is 0.337 e. The topological polar surface area (TPSA) is 121 Å². The number of amides is 1. The molecule has 0 saturated carbocycles. The van der Waals surface area contributed by atoms with E-state index in [1.807, 2.05) is 25.1 Å². The summed E-state index contributed by atoms with van der Waals surface area (Å²) in [5.41, 5.74) is 2.62. The summed E-state index contributed by atoms with van der Waals surface area (Å²) >= 11 is 0. The second-order valence-electron chi connectivity index (χ2n) is 10.2. The first-order chi connectivity index (χ1) is 21.3. The van der Waals surface area contributed by atoms with Gasteiger partial charge in [-0.25, -0.2) is 14.8 Å². The Morgan fingerprint density at radius 2 is 1.66 bits per heavy atom. The number of aryl methyl sites for hydroxylation is 1. The highest BCUT2D eigenvalue weighted by molar-refractivity contribution is 5.93. The Morgan fingerprint density at radius 1 is 0.932 bits per heavy atom. The highest BCUT2D eigenvalue weighted by atomic mass is 16.5. The molecule has 1 saturated heterocycles. The lowest BCUT2D eigenvalue weighted by atomic mass is 10.1. The van der Waals surface area contributed by atoms with Crippen LogP contribution < -0.4 is 24.3 Å². The molecule has 3 aromatic carbocycles. The number of hydrogen-bond acceptors (Lipinski definition) is 10. The average molecular weight is 599 g/mol. The first-order valence-corrected chi connectivity index (χ1v) is 14.1. The number of likely N-dealkylation sites (tertiary alicyclic amines) is 1. The van der Waals surface area contributed by atoms with E-state index in [0.717, 1.165) is 10.9 Å². The Hall–Kier alpha value is -5.32. The quantitative estimate of drug-likeness (QED) is 0.176. The number of benzene rings is 3. The van der Waals surface area contributed by atoms with Gasteiger partial charge >= 0.3 is 5.97 Å². The van der Waals surface area contributed by atoms with Gasteiger partial charge in [0.05, 0.1) is 38.1 Å². The summed E-state index contributed by atoms with van der Waals surface area (Å²) in [6, 6.07) is 14.1. The molecule has 1 aliphatic rings. The molecule has 1 aliphatic heterocycles. The fourth-order valence-electron chi connectivity index (χ4n) is 5.00. The van der Waals surface area contributed by atoms with Crippen LogP contribution in [0.15, 0.2) is 67.5 Å². The predicted molar refractivity (Wildman–Crippen MR) is 165 cm³/mol. The van der Waals surface area contributed by atoms with Crippen LogP contribution >= 0.6 is 0 Å². The Labute approximate surface area is 255 Å². The number of carbonyl (C=O) groups is 2. The fraction of sp³-hybridized carbons (Fsp3) is 0.273. The van der Waals surface area contributed by atoms with E-state index in [-0.39, 0.29) is 12.0 Å². The van der Waals surface area contributed by atoms with Gasteiger partial charge in [0.25, 0.3) is 0 Å². The van der Waals surface area contributed by atoms with E-state index in [4.69, 9.17) is 23.7 Å². The lowest BCUT2D eigenvalue weighted by Crippen LogP contribution is -2.41. The normalized spacial score (nSPS) is 13.2. The molecule has 11 nitrogen and oxygen atoms in total. The highest BCUT2D eigenvalue weighted by Crippen LogP contribution is 2.39. The van der Waals surface area contributed by atoms with Gasteiger partial charge in [0.2, 0.25) is 5.91 Å². The molecule has 0 atom stereocenters. The van der Waals surface area contributed by atoms with Crippen molar-refractivity contribution >= 4 is 34.3 Å². The van der Waals surface area contributed by atoms with E-state index in [2.05, 4.69) is 21.9 Å². The number of nitrogens with one attached hydrogen (secondary N) is 1. The third-order valence-electron chi connectivity index (χ3n) is 7.40. The standard InChI is InChI=1S/C33H34N4O7/c1-6-31(38)37-13-11-23(12-14-37)44-30-16-24-25(17-29(30)41-4)34-19-35-32(24)36-26-15-20(2)27(18-28(26)40-3)43-22-9-7-21(8-10-22)33(39)42-5/h6-10,15-19,23H,1,11-14H2,2-5H3,(H,34,35,36). The third kappa shape index (κ3) is 6.51. The van der Waals surface area contributed by atoms with Crippen molar-refractivity contribution < 1.29 is 33.3 Å². The zero-order valence-electron chi connectivity index (χ0n) is 25.1. The molecule has 1 N–H and O–H groups in total. The summed E-state index contributed by atoms with van der Waals surface area (Å²) in [7, 11) is 4.50. The van der Waals surface area contributed by atoms with E-state index in [1.54, 1.807) is 49.5 Å². The maximum atomic E-state index is 12.0. The molecule has 0 bridgehead atoms. The molecule has 11 heteroatoms. The Kier molecular flexibility index (Phi) is 9.13. The van der Waals surface area contributed by atoms with Gasteiger partial charge in [-0.05, 0) is 55.0 Å². The van der Waals surface area contributed by atoms with Crippen LogP contribution in [0.1, 0.15) is 28.8 Å². The molecular weight excluding hydrogens is 564 g/mol. The molecule has 5 rings (SSSR count). The van der Waals surface area contributed by atoms with Crippen molar-refractivity contribution in [2.24, 2.45) is 0 Å². The minimum absolute atomic E-state index is 0.0702. The molecule has 1 fully saturated rings. The SMILES string of the molecule is C=CC(=O)N1CCC(Oc2cc3c(Nc4cc(C)c(Oc5ccc(C(=O)OC)cc5)cc4OC)ncnc3cc2OC)CC1. The molecule has 0 radical (unpaired) electrons. The van der Waals surface area contributed by atoms with Crippen molar-refractivity contribution in [2.45, 2.75) is 25.9 Å². The molecular formula is C33H34N4O7. The summed E-state index contributed by atoms with van der Waals surface area (Å²) in [5.74, 6) is 2.88. The number of carbonyl (C=O) groups excluding carboxylic acids is 2. The molecule has 0 spiro atoms. The lowest BCUT2D eigenvalue weighted by molar-refractivity contribution is -0.127. The van der Waals surface area contributed by atoms with E-state index >= 15 is 0 Å². The van der Waals surface area contributed by atoms with Gasteiger partial charge in [0, 0.05) is 43.5 Å². The molecule has 44 heavy (non-hydrogen) atoms. The predicted octanol–water partition coefficient (Wildman–Crippen LogP) is 5.83. The maximum Gasteiger partial charge on any atom is 0.337 e. The van der Waals surface area contributed by atoms with Crippen LogP contribution in [-0.2, 0) is 9.53 Å². The number of aromatic nitrogens is 2. The monoisotopic (exact) mass is 598 g/mol. The van der Waals surface area contributed by atoms with Crippen molar-refractivity contribution in [1.82, 2.24) is 14.9 Å². The summed E-state index contributed by atoms with van der Waals surface area (Å²) in [5, 5.41) is 4.11. The zero-order valence-corrected chi connectivity index (χ0v) is 25.1. The van der Waals surface area contributed by atoms with Crippen molar-refractivity contribution in [3.05, 3.63) is 78.6 Å². The minimum atomic E-state index is -0.415. The molecule has 1 aromatic heterocycles. The van der Waals surface area contributed by atoms with Gasteiger partial charge in [-0.1, -0.05) is 6.58 Å². The van der Waals surface area contributed by atoms with Crippen molar-refractivity contribution in [3.8, 4) is 28.7 Å². The van der Waals surface area contributed by atoms with Crippen molar-refractivity contribution in [2.75, 3.05) is 39.7 Å². The summed E-state index contributed by atoms with van der Waals surface area (Å²) in [4.78, 5) is 34.4. The number of ether oxygens (including phenoxy) is 5. The zero-order chi connectivity index (χ0) is 31.2. The number of nitrogens with zero attached hydrogens (tertiary/aromatic N) is 3. The van der Waals surface area contributed by atoms with Crippen LogP contribution in [0.3, 0.4) is 0 Å². The molecule has 1 amide bonds. The maximum absolute atomic E-state index is 12.0. The van der Waals surface area contributed by atoms with Crippen LogP contribution in [0, 0.1) is 6.92 Å². The largest absolute Gasteiger partial charge is 0.494 e. The van der Waals surface area contributed by atoms with Gasteiger partial charge < -0.3 is 33.9 Å². The van der Waals surface area contributed by atoms with E-state index in [9.17, 15) is 9.59 Å². The van der Waals surface area contributed by atoms with Gasteiger partial charge in [-0.2, -0.15) is 0 Å². The summed E-state index contributed by atoms with van der Waals surface area (Å²) in [6.45, 7) is 6.69. The van der Waals surface area contributed by atoms with Crippen molar-refractivity contribution in [1.29, 1.82) is 0 Å². The van der Waals surface area contributed by atoms with E-state index in [1.165, 1.54) is 19.5 Å². The van der Waals surface area contributed by atoms with Gasteiger partial charge in [-0.15, -0.1) is 0 Å². The van der Waals surface area contributed by atoms with Gasteiger partial charge in [0.1, 0.15) is 35.5 Å². The second kappa shape index (κ2) is 13.3. The first kappa shape index (κ1) is 30.1. The third-order valence-corrected chi connectivity index (χ3v) is 7.40. The molecule has 0 aliphatic carbocycles. The number of piperidine rings is 1.